The van der Waals surface area contributed by atoms with E-state index < -0.39 is 0 Å². The van der Waals surface area contributed by atoms with Crippen LogP contribution in [0.1, 0.15) is 37.8 Å². The lowest BCUT2D eigenvalue weighted by Crippen LogP contribution is -2.47. The zero-order valence-corrected chi connectivity index (χ0v) is 11.9. The molecule has 0 aromatic carbocycles. The van der Waals surface area contributed by atoms with Crippen molar-refractivity contribution in [2.24, 2.45) is 35.3 Å². The van der Waals surface area contributed by atoms with Crippen LogP contribution in [0.25, 0.3) is 0 Å². The highest BCUT2D eigenvalue weighted by atomic mass is 16.5. The lowest BCUT2D eigenvalue weighted by atomic mass is 9.52. The van der Waals surface area contributed by atoms with Crippen molar-refractivity contribution in [1.29, 1.82) is 0 Å². The molecule has 4 bridgehead atoms. The van der Waals surface area contributed by atoms with Crippen molar-refractivity contribution in [3.8, 4) is 5.88 Å². The summed E-state index contributed by atoms with van der Waals surface area (Å²) in [6, 6.07) is 0. The van der Waals surface area contributed by atoms with Crippen molar-refractivity contribution in [3.05, 3.63) is 18.1 Å². The van der Waals surface area contributed by atoms with Gasteiger partial charge in [-0.3, -0.25) is 4.98 Å². The van der Waals surface area contributed by atoms with Crippen LogP contribution in [0.3, 0.4) is 0 Å². The molecule has 4 saturated carbocycles. The average molecular weight is 273 g/mol. The summed E-state index contributed by atoms with van der Waals surface area (Å²) in [5.41, 5.74) is 6.47. The maximum atomic E-state index is 6.00. The Morgan fingerprint density at radius 3 is 2.30 bits per heavy atom. The Labute approximate surface area is 120 Å². The highest BCUT2D eigenvalue weighted by molar-refractivity contribution is 5.16. The van der Waals surface area contributed by atoms with Gasteiger partial charge in [0.1, 0.15) is 5.69 Å². The van der Waals surface area contributed by atoms with Gasteiger partial charge in [0.2, 0.25) is 5.88 Å². The number of ether oxygens (including phenoxy) is 1. The van der Waals surface area contributed by atoms with Gasteiger partial charge in [-0.2, -0.15) is 0 Å². The molecule has 0 atom stereocenters. The van der Waals surface area contributed by atoms with E-state index in [1.54, 1.807) is 12.4 Å². The van der Waals surface area contributed by atoms with Crippen LogP contribution in [0.5, 0.6) is 5.88 Å². The minimum absolute atomic E-state index is 0.394. The lowest BCUT2D eigenvalue weighted by molar-refractivity contribution is -0.0535. The van der Waals surface area contributed by atoms with Crippen LogP contribution in [-0.4, -0.2) is 16.6 Å². The standard InChI is InChI=1S/C16H23N3O/c17-8-15-16(19-2-1-18-15)20-9-14-12-4-10-3-11(6-12)7-13(14)5-10/h1-2,10-14H,3-9,17H2. The van der Waals surface area contributed by atoms with Gasteiger partial charge >= 0.3 is 0 Å². The van der Waals surface area contributed by atoms with E-state index in [0.29, 0.717) is 12.4 Å². The average Bonchev–Trinajstić information content (AvgIpc) is 2.46. The third-order valence-electron chi connectivity index (χ3n) is 5.76. The molecule has 5 rings (SSSR count). The number of nitrogens with two attached hydrogens (primary N) is 1. The van der Waals surface area contributed by atoms with Gasteiger partial charge in [0.05, 0.1) is 6.61 Å². The summed E-state index contributed by atoms with van der Waals surface area (Å²) in [6.07, 6.45) is 10.6. The molecule has 4 heteroatoms. The Balaban J connectivity index is 1.45. The molecular weight excluding hydrogens is 250 g/mol. The largest absolute Gasteiger partial charge is 0.476 e. The fraction of sp³-hybridized carbons (Fsp3) is 0.750. The van der Waals surface area contributed by atoms with Crippen LogP contribution in [0.15, 0.2) is 12.4 Å². The minimum Gasteiger partial charge on any atom is -0.476 e. The fourth-order valence-electron chi connectivity index (χ4n) is 5.10. The van der Waals surface area contributed by atoms with Crippen LogP contribution < -0.4 is 10.5 Å². The maximum absolute atomic E-state index is 6.00. The second-order valence-electron chi connectivity index (χ2n) is 6.92. The van der Waals surface area contributed by atoms with Crippen LogP contribution >= 0.6 is 0 Å². The summed E-state index contributed by atoms with van der Waals surface area (Å²) in [5.74, 6) is 5.20. The first-order valence-corrected chi connectivity index (χ1v) is 7.96. The summed E-state index contributed by atoms with van der Waals surface area (Å²) < 4.78 is 6.00. The van der Waals surface area contributed by atoms with Gasteiger partial charge in [0, 0.05) is 18.9 Å². The Bertz CT molecular complexity index is 462. The SMILES string of the molecule is NCc1nccnc1OCC1C2CC3CC(C2)CC1C3. The van der Waals surface area contributed by atoms with Crippen LogP contribution in [-0.2, 0) is 6.54 Å². The van der Waals surface area contributed by atoms with Gasteiger partial charge in [-0.1, -0.05) is 0 Å². The van der Waals surface area contributed by atoms with E-state index in [9.17, 15) is 0 Å². The molecule has 0 unspecified atom stereocenters. The van der Waals surface area contributed by atoms with Gasteiger partial charge in [-0.15, -0.1) is 0 Å². The van der Waals surface area contributed by atoms with E-state index in [2.05, 4.69) is 9.97 Å². The summed E-state index contributed by atoms with van der Waals surface area (Å²) in [4.78, 5) is 8.53. The molecular formula is C16H23N3O. The maximum Gasteiger partial charge on any atom is 0.236 e. The lowest BCUT2D eigenvalue weighted by Gasteiger charge is -2.54. The second-order valence-corrected chi connectivity index (χ2v) is 6.92. The van der Waals surface area contributed by atoms with Crippen molar-refractivity contribution >= 4 is 0 Å². The summed E-state index contributed by atoms with van der Waals surface area (Å²) in [5, 5.41) is 0. The van der Waals surface area contributed by atoms with E-state index in [-0.39, 0.29) is 0 Å². The van der Waals surface area contributed by atoms with E-state index >= 15 is 0 Å². The number of hydrogen-bond acceptors (Lipinski definition) is 4. The summed E-state index contributed by atoms with van der Waals surface area (Å²) in [6.45, 7) is 1.20. The predicted molar refractivity (Wildman–Crippen MR) is 76.0 cm³/mol. The molecule has 4 aliphatic carbocycles. The van der Waals surface area contributed by atoms with E-state index in [1.165, 1.54) is 32.1 Å². The summed E-state index contributed by atoms with van der Waals surface area (Å²) in [7, 11) is 0. The molecule has 4 aliphatic rings. The first-order chi connectivity index (χ1) is 9.83. The Morgan fingerprint density at radius 2 is 1.65 bits per heavy atom. The van der Waals surface area contributed by atoms with E-state index in [1.807, 2.05) is 0 Å². The molecule has 1 heterocycles. The third-order valence-corrected chi connectivity index (χ3v) is 5.76. The van der Waals surface area contributed by atoms with E-state index in [4.69, 9.17) is 10.5 Å². The fourth-order valence-corrected chi connectivity index (χ4v) is 5.10. The Kier molecular flexibility index (Phi) is 3.14. The topological polar surface area (TPSA) is 61.0 Å². The molecule has 1 aromatic rings. The first kappa shape index (κ1) is 12.6. The molecule has 1 aromatic heterocycles. The number of hydrogen-bond donors (Lipinski definition) is 1. The first-order valence-electron chi connectivity index (χ1n) is 7.96. The molecule has 20 heavy (non-hydrogen) atoms. The van der Waals surface area contributed by atoms with Crippen molar-refractivity contribution in [3.63, 3.8) is 0 Å². The van der Waals surface area contributed by atoms with Gasteiger partial charge in [-0.25, -0.2) is 4.98 Å². The zero-order valence-electron chi connectivity index (χ0n) is 11.9. The second kappa shape index (κ2) is 4.99. The van der Waals surface area contributed by atoms with Crippen LogP contribution in [0, 0.1) is 29.6 Å². The van der Waals surface area contributed by atoms with Crippen molar-refractivity contribution in [2.75, 3.05) is 6.61 Å². The monoisotopic (exact) mass is 273 g/mol. The highest BCUT2D eigenvalue weighted by Gasteiger charge is 2.48. The molecule has 0 saturated heterocycles. The van der Waals surface area contributed by atoms with E-state index in [0.717, 1.165) is 41.9 Å². The molecule has 0 spiro atoms. The Hall–Kier alpha value is -1.16. The minimum atomic E-state index is 0.394. The van der Waals surface area contributed by atoms with Gasteiger partial charge in [0.25, 0.3) is 0 Å². The smallest absolute Gasteiger partial charge is 0.236 e. The Morgan fingerprint density at radius 1 is 1.00 bits per heavy atom. The molecule has 4 fully saturated rings. The molecule has 2 N–H and O–H groups in total. The van der Waals surface area contributed by atoms with Crippen molar-refractivity contribution < 1.29 is 4.74 Å². The molecule has 4 nitrogen and oxygen atoms in total. The molecule has 0 radical (unpaired) electrons. The molecule has 0 amide bonds. The zero-order chi connectivity index (χ0) is 13.5. The van der Waals surface area contributed by atoms with Crippen molar-refractivity contribution in [1.82, 2.24) is 9.97 Å². The normalized spacial score (nSPS) is 38.1. The number of aromatic nitrogens is 2. The van der Waals surface area contributed by atoms with Crippen LogP contribution in [0.4, 0.5) is 0 Å². The van der Waals surface area contributed by atoms with Crippen molar-refractivity contribution in [2.45, 2.75) is 38.6 Å². The van der Waals surface area contributed by atoms with Gasteiger partial charge in [-0.05, 0) is 61.7 Å². The molecule has 108 valence electrons. The van der Waals surface area contributed by atoms with Gasteiger partial charge in [0.15, 0.2) is 0 Å². The quantitative estimate of drug-likeness (QED) is 0.915. The number of nitrogens with zero attached hydrogens (tertiary/aromatic N) is 2. The highest BCUT2D eigenvalue weighted by Crippen LogP contribution is 2.56. The predicted octanol–water partition coefficient (Wildman–Crippen LogP) is 2.39. The summed E-state index contributed by atoms with van der Waals surface area (Å²) >= 11 is 0. The number of rotatable bonds is 4. The van der Waals surface area contributed by atoms with Gasteiger partial charge < -0.3 is 10.5 Å². The molecule has 0 aliphatic heterocycles. The van der Waals surface area contributed by atoms with Crippen LogP contribution in [0.2, 0.25) is 0 Å². The third kappa shape index (κ3) is 2.10.